The molecular weight excluding hydrogens is 558 g/mol. The molecule has 1 saturated heterocycles. The summed E-state index contributed by atoms with van der Waals surface area (Å²) in [4.78, 5) is 46.4. The van der Waals surface area contributed by atoms with Crippen molar-refractivity contribution in [2.24, 2.45) is 5.41 Å². The molecule has 0 aromatic heterocycles. The first-order chi connectivity index (χ1) is 20.8. The Kier molecular flexibility index (Phi) is 6.40. The first-order valence-corrected chi connectivity index (χ1v) is 14.9. The topological polar surface area (TPSA) is 63.7 Å². The molecule has 2 aliphatic heterocycles. The van der Waals surface area contributed by atoms with E-state index in [0.717, 1.165) is 22.4 Å². The Morgan fingerprint density at radius 2 is 1.58 bits per heavy atom. The zero-order valence-corrected chi connectivity index (χ0v) is 24.8. The minimum Gasteiger partial charge on any atom is -0.497 e. The van der Waals surface area contributed by atoms with Crippen LogP contribution in [0.5, 0.6) is 5.75 Å². The van der Waals surface area contributed by atoms with Crippen molar-refractivity contribution in [2.45, 2.75) is 37.8 Å². The number of rotatable bonds is 5. The number of hydrogen-bond donors (Lipinski definition) is 0. The molecule has 5 nitrogen and oxygen atoms in total. The Bertz CT molecular complexity index is 1800. The lowest BCUT2D eigenvalue weighted by molar-refractivity contribution is 0.0666. The van der Waals surface area contributed by atoms with Crippen molar-refractivity contribution in [3.8, 4) is 5.75 Å². The van der Waals surface area contributed by atoms with E-state index in [9.17, 15) is 14.4 Å². The molecule has 3 atom stereocenters. The van der Waals surface area contributed by atoms with E-state index >= 15 is 0 Å². The minimum atomic E-state index is -1.55. The lowest BCUT2D eigenvalue weighted by Crippen LogP contribution is -2.48. The Balaban J connectivity index is 1.53. The largest absolute Gasteiger partial charge is 0.497 e. The van der Waals surface area contributed by atoms with Crippen LogP contribution in [0.3, 0.4) is 0 Å². The van der Waals surface area contributed by atoms with Gasteiger partial charge >= 0.3 is 0 Å². The number of anilines is 1. The summed E-state index contributed by atoms with van der Waals surface area (Å²) in [5.41, 5.74) is 3.21. The van der Waals surface area contributed by atoms with Crippen molar-refractivity contribution in [3.05, 3.63) is 135 Å². The standard InChI is InChI=1S/C37H30ClNO4/c1-21(2)22-11-13-23(14-12-22)32-33(34(40)25-7-6-8-27(20-25)43-3)39-30-17-16-26(38)19-24(30)15-18-31(39)37(32)35(41)28-9-4-5-10-29(28)36(37)42/h4-21,31-33H,1-3H3/t31?,32-,33+/m0/s1. The van der Waals surface area contributed by atoms with Crippen LogP contribution in [0, 0.1) is 5.41 Å². The van der Waals surface area contributed by atoms with E-state index in [1.54, 1.807) is 61.7 Å². The van der Waals surface area contributed by atoms with Gasteiger partial charge in [0, 0.05) is 33.3 Å². The van der Waals surface area contributed by atoms with Crippen LogP contribution in [0.25, 0.3) is 6.08 Å². The molecule has 1 unspecified atom stereocenters. The Morgan fingerprint density at radius 1 is 0.884 bits per heavy atom. The molecule has 0 saturated carbocycles. The molecule has 0 radical (unpaired) electrons. The van der Waals surface area contributed by atoms with Crippen LogP contribution in [0.1, 0.15) is 73.4 Å². The Hall–Kier alpha value is -4.48. The smallest absolute Gasteiger partial charge is 0.186 e. The predicted octanol–water partition coefficient (Wildman–Crippen LogP) is 7.79. The Morgan fingerprint density at radius 3 is 2.23 bits per heavy atom. The Labute approximate surface area is 255 Å². The van der Waals surface area contributed by atoms with Gasteiger partial charge < -0.3 is 9.64 Å². The average molecular weight is 588 g/mol. The SMILES string of the molecule is COc1cccc(C(=O)[C@H]2[C@H](c3ccc(C(C)C)cc3)C3(C(=O)c4ccccc4C3=O)C3C=Cc4cc(Cl)ccc4N32)c1. The lowest BCUT2D eigenvalue weighted by Gasteiger charge is -2.37. The van der Waals surface area contributed by atoms with Gasteiger partial charge in [0.15, 0.2) is 17.3 Å². The zero-order valence-electron chi connectivity index (χ0n) is 24.1. The van der Waals surface area contributed by atoms with E-state index in [1.807, 2.05) is 53.5 Å². The molecule has 1 aliphatic carbocycles. The molecule has 214 valence electrons. The highest BCUT2D eigenvalue weighted by molar-refractivity contribution is 6.32. The third kappa shape index (κ3) is 3.88. The number of carbonyl (C=O) groups excluding carboxylic acids is 3. The fourth-order valence-electron chi connectivity index (χ4n) is 7.36. The van der Waals surface area contributed by atoms with E-state index in [0.29, 0.717) is 33.4 Å². The predicted molar refractivity (Wildman–Crippen MR) is 169 cm³/mol. The molecule has 0 amide bonds. The van der Waals surface area contributed by atoms with Gasteiger partial charge in [-0.25, -0.2) is 0 Å². The van der Waals surface area contributed by atoms with Crippen molar-refractivity contribution in [2.75, 3.05) is 12.0 Å². The second-order valence-corrected chi connectivity index (χ2v) is 12.3. The monoisotopic (exact) mass is 587 g/mol. The van der Waals surface area contributed by atoms with E-state index in [4.69, 9.17) is 16.3 Å². The molecule has 4 aromatic rings. The van der Waals surface area contributed by atoms with Crippen molar-refractivity contribution >= 4 is 40.7 Å². The number of methoxy groups -OCH3 is 1. The van der Waals surface area contributed by atoms with Crippen LogP contribution in [0.15, 0.2) is 97.1 Å². The number of ether oxygens (including phenoxy) is 1. The number of hydrogen-bond acceptors (Lipinski definition) is 5. The molecule has 4 aromatic carbocycles. The number of Topliss-reactive ketones (excluding diaryl/α,β-unsaturated/α-hetero) is 3. The minimum absolute atomic E-state index is 0.188. The first kappa shape index (κ1) is 27.4. The molecule has 2 heterocycles. The van der Waals surface area contributed by atoms with Crippen molar-refractivity contribution in [1.82, 2.24) is 0 Å². The quantitative estimate of drug-likeness (QED) is 0.176. The average Bonchev–Trinajstić information content (AvgIpc) is 3.46. The van der Waals surface area contributed by atoms with Gasteiger partial charge in [-0.2, -0.15) is 0 Å². The summed E-state index contributed by atoms with van der Waals surface area (Å²) in [6.07, 6.45) is 3.83. The molecule has 1 spiro atoms. The van der Waals surface area contributed by atoms with E-state index in [-0.39, 0.29) is 17.3 Å². The van der Waals surface area contributed by atoms with E-state index < -0.39 is 23.4 Å². The highest BCUT2D eigenvalue weighted by Crippen LogP contribution is 2.61. The third-order valence-electron chi connectivity index (χ3n) is 9.35. The molecule has 1 fully saturated rings. The summed E-state index contributed by atoms with van der Waals surface area (Å²) in [6, 6.07) is 26.1. The summed E-state index contributed by atoms with van der Waals surface area (Å²) in [6.45, 7) is 4.24. The summed E-state index contributed by atoms with van der Waals surface area (Å²) in [5, 5.41) is 0.563. The lowest BCUT2D eigenvalue weighted by atomic mass is 9.64. The number of carbonyl (C=O) groups is 3. The second kappa shape index (κ2) is 10.1. The van der Waals surface area contributed by atoms with Gasteiger partial charge in [-0.3, -0.25) is 14.4 Å². The van der Waals surface area contributed by atoms with E-state index in [2.05, 4.69) is 13.8 Å². The van der Waals surface area contributed by atoms with Crippen molar-refractivity contribution < 1.29 is 19.1 Å². The molecule has 3 aliphatic rings. The second-order valence-electron chi connectivity index (χ2n) is 11.8. The van der Waals surface area contributed by atoms with Gasteiger partial charge in [0.25, 0.3) is 0 Å². The first-order valence-electron chi connectivity index (χ1n) is 14.5. The van der Waals surface area contributed by atoms with Crippen LogP contribution in [0.2, 0.25) is 5.02 Å². The number of ketones is 3. The number of benzene rings is 4. The maximum atomic E-state index is 14.9. The summed E-state index contributed by atoms with van der Waals surface area (Å²) < 4.78 is 5.46. The zero-order chi connectivity index (χ0) is 30.0. The highest BCUT2D eigenvalue weighted by Gasteiger charge is 2.71. The molecule has 6 heteroatoms. The third-order valence-corrected chi connectivity index (χ3v) is 9.59. The van der Waals surface area contributed by atoms with E-state index in [1.165, 1.54) is 0 Å². The number of halogens is 1. The van der Waals surface area contributed by atoms with Crippen LogP contribution >= 0.6 is 11.6 Å². The fourth-order valence-corrected chi connectivity index (χ4v) is 7.54. The normalized spacial score (nSPS) is 21.2. The summed E-state index contributed by atoms with van der Waals surface area (Å²) >= 11 is 6.40. The number of fused-ring (bicyclic) bond motifs is 5. The summed E-state index contributed by atoms with van der Waals surface area (Å²) in [5.74, 6) is -0.597. The molecule has 7 rings (SSSR count). The van der Waals surface area contributed by atoms with Gasteiger partial charge in [0.1, 0.15) is 17.2 Å². The fraction of sp³-hybridized carbons (Fsp3) is 0.216. The maximum absolute atomic E-state index is 14.9. The van der Waals surface area contributed by atoms with Gasteiger partial charge in [-0.15, -0.1) is 0 Å². The molecule has 0 N–H and O–H groups in total. The molecular formula is C37H30ClNO4. The van der Waals surface area contributed by atoms with Crippen LogP contribution in [0.4, 0.5) is 5.69 Å². The van der Waals surface area contributed by atoms with Crippen LogP contribution in [-0.4, -0.2) is 36.5 Å². The molecule has 0 bridgehead atoms. The van der Waals surface area contributed by atoms with Gasteiger partial charge in [0.05, 0.1) is 13.2 Å². The van der Waals surface area contributed by atoms with Crippen molar-refractivity contribution in [1.29, 1.82) is 0 Å². The molecule has 43 heavy (non-hydrogen) atoms. The van der Waals surface area contributed by atoms with Gasteiger partial charge in [-0.05, 0) is 52.9 Å². The summed E-state index contributed by atoms with van der Waals surface area (Å²) in [7, 11) is 1.56. The number of nitrogens with zero attached hydrogens (tertiary/aromatic N) is 1. The highest BCUT2D eigenvalue weighted by atomic mass is 35.5. The maximum Gasteiger partial charge on any atom is 0.186 e. The van der Waals surface area contributed by atoms with Crippen LogP contribution < -0.4 is 9.64 Å². The van der Waals surface area contributed by atoms with Gasteiger partial charge in [0.2, 0.25) is 0 Å². The van der Waals surface area contributed by atoms with Gasteiger partial charge in [-0.1, -0.05) is 98.3 Å². The van der Waals surface area contributed by atoms with Crippen LogP contribution in [-0.2, 0) is 0 Å². The van der Waals surface area contributed by atoms with Crippen molar-refractivity contribution in [3.63, 3.8) is 0 Å².